The molecule has 0 unspecified atom stereocenters. The van der Waals surface area contributed by atoms with Crippen molar-refractivity contribution >= 4 is 5.78 Å². The zero-order valence-electron chi connectivity index (χ0n) is 9.67. The van der Waals surface area contributed by atoms with Crippen LogP contribution in [0.25, 0.3) is 0 Å². The summed E-state index contributed by atoms with van der Waals surface area (Å²) in [6.07, 6.45) is 0.359. The smallest absolute Gasteiger partial charge is 0.163 e. The van der Waals surface area contributed by atoms with E-state index in [1.54, 1.807) is 6.07 Å². The van der Waals surface area contributed by atoms with Crippen molar-refractivity contribution in [2.45, 2.75) is 27.2 Å². The van der Waals surface area contributed by atoms with Crippen LogP contribution in [0.4, 0.5) is 4.39 Å². The maximum absolute atomic E-state index is 13.3. The van der Waals surface area contributed by atoms with Crippen molar-refractivity contribution in [3.05, 3.63) is 35.1 Å². The van der Waals surface area contributed by atoms with Crippen molar-refractivity contribution in [1.82, 2.24) is 0 Å². The number of halogens is 1. The number of nitrogens with zero attached hydrogens (tertiary/aromatic N) is 1. The molecule has 0 aliphatic carbocycles. The Kier molecular flexibility index (Phi) is 3.44. The molecule has 0 heterocycles. The summed E-state index contributed by atoms with van der Waals surface area (Å²) in [5.74, 6) is -0.738. The number of rotatable bonds is 2. The van der Waals surface area contributed by atoms with Gasteiger partial charge in [-0.25, -0.2) is 4.39 Å². The lowest BCUT2D eigenvalue weighted by Crippen LogP contribution is -2.13. The van der Waals surface area contributed by atoms with E-state index in [4.69, 9.17) is 5.26 Å². The molecule has 3 heteroatoms. The molecule has 0 atom stereocenters. The summed E-state index contributed by atoms with van der Waals surface area (Å²) >= 11 is 0. The molecule has 84 valence electrons. The molecule has 0 aliphatic rings. The number of ketones is 1. The van der Waals surface area contributed by atoms with Gasteiger partial charge in [0.1, 0.15) is 11.9 Å². The quantitative estimate of drug-likeness (QED) is 0.716. The topological polar surface area (TPSA) is 40.9 Å². The molecule has 1 rings (SSSR count). The van der Waals surface area contributed by atoms with Crippen LogP contribution in [-0.2, 0) is 0 Å². The Morgan fingerprint density at radius 2 is 2.06 bits per heavy atom. The summed E-state index contributed by atoms with van der Waals surface area (Å²) in [6.45, 7) is 5.85. The van der Waals surface area contributed by atoms with E-state index in [9.17, 15) is 9.18 Å². The first kappa shape index (κ1) is 12.4. The number of Topliss-reactive ketones (excluding diaryl/α,β-unsaturated/α-hetero) is 1. The summed E-state index contributed by atoms with van der Waals surface area (Å²) in [5, 5.41) is 8.56. The van der Waals surface area contributed by atoms with Gasteiger partial charge in [0.2, 0.25) is 0 Å². The van der Waals surface area contributed by atoms with Crippen molar-refractivity contribution in [3.8, 4) is 6.07 Å². The Morgan fingerprint density at radius 1 is 1.44 bits per heavy atom. The summed E-state index contributed by atoms with van der Waals surface area (Å²) in [7, 11) is 0. The van der Waals surface area contributed by atoms with E-state index in [-0.39, 0.29) is 16.8 Å². The van der Waals surface area contributed by atoms with Crippen LogP contribution in [0, 0.1) is 22.6 Å². The van der Waals surface area contributed by atoms with Crippen molar-refractivity contribution in [3.63, 3.8) is 0 Å². The minimum Gasteiger partial charge on any atom is -0.294 e. The Morgan fingerprint density at radius 3 is 2.50 bits per heavy atom. The minimum absolute atomic E-state index is 0.0349. The van der Waals surface area contributed by atoms with Gasteiger partial charge in [-0.05, 0) is 23.6 Å². The van der Waals surface area contributed by atoms with Gasteiger partial charge >= 0.3 is 0 Å². The second-order valence-electron chi connectivity index (χ2n) is 4.97. The zero-order valence-corrected chi connectivity index (χ0v) is 9.67. The number of carbonyl (C=O) groups is 1. The molecule has 0 bridgehead atoms. The molecule has 1 aromatic carbocycles. The van der Waals surface area contributed by atoms with Gasteiger partial charge in [-0.2, -0.15) is 5.26 Å². The minimum atomic E-state index is -0.637. The first-order chi connectivity index (χ1) is 7.33. The highest BCUT2D eigenvalue weighted by molar-refractivity contribution is 5.96. The predicted molar refractivity (Wildman–Crippen MR) is 59.5 cm³/mol. The van der Waals surface area contributed by atoms with Crippen molar-refractivity contribution in [2.24, 2.45) is 5.41 Å². The fraction of sp³-hybridized carbons (Fsp3) is 0.385. The highest BCUT2D eigenvalue weighted by Gasteiger charge is 2.18. The molecular formula is C13H14FNO. The number of carbonyl (C=O) groups excluding carboxylic acids is 1. The maximum atomic E-state index is 13.3. The predicted octanol–water partition coefficient (Wildman–Crippen LogP) is 3.32. The number of benzene rings is 1. The summed E-state index contributed by atoms with van der Waals surface area (Å²) in [4.78, 5) is 11.8. The van der Waals surface area contributed by atoms with Gasteiger partial charge in [0, 0.05) is 12.0 Å². The lowest BCUT2D eigenvalue weighted by molar-refractivity contribution is 0.0939. The lowest BCUT2D eigenvalue weighted by atomic mass is 9.88. The van der Waals surface area contributed by atoms with Gasteiger partial charge in [-0.15, -0.1) is 0 Å². The average molecular weight is 219 g/mol. The van der Waals surface area contributed by atoms with Gasteiger partial charge in [0.15, 0.2) is 5.78 Å². The molecule has 0 N–H and O–H groups in total. The van der Waals surface area contributed by atoms with Gasteiger partial charge in [0.25, 0.3) is 0 Å². The van der Waals surface area contributed by atoms with Gasteiger partial charge in [-0.3, -0.25) is 4.79 Å². The summed E-state index contributed by atoms with van der Waals surface area (Å²) < 4.78 is 13.3. The van der Waals surface area contributed by atoms with E-state index in [1.807, 2.05) is 20.8 Å². The molecule has 0 amide bonds. The van der Waals surface area contributed by atoms with Crippen LogP contribution < -0.4 is 0 Å². The fourth-order valence-electron chi connectivity index (χ4n) is 1.36. The second-order valence-corrected chi connectivity index (χ2v) is 4.97. The third-order valence-electron chi connectivity index (χ3n) is 2.10. The standard InChI is InChI=1S/C13H14FNO/c1-13(2,3)7-12(16)9-4-5-10(8-15)11(14)6-9/h4-6H,7H2,1-3H3. The highest BCUT2D eigenvalue weighted by atomic mass is 19.1. The van der Waals surface area contributed by atoms with Crippen LogP contribution >= 0.6 is 0 Å². The van der Waals surface area contributed by atoms with E-state index >= 15 is 0 Å². The highest BCUT2D eigenvalue weighted by Crippen LogP contribution is 2.22. The van der Waals surface area contributed by atoms with E-state index in [2.05, 4.69) is 0 Å². The molecule has 0 saturated carbocycles. The molecule has 2 nitrogen and oxygen atoms in total. The van der Waals surface area contributed by atoms with Gasteiger partial charge in [-0.1, -0.05) is 20.8 Å². The van der Waals surface area contributed by atoms with E-state index in [0.717, 1.165) is 6.07 Å². The SMILES string of the molecule is CC(C)(C)CC(=O)c1ccc(C#N)c(F)c1. The molecule has 0 aromatic heterocycles. The fourth-order valence-corrected chi connectivity index (χ4v) is 1.36. The van der Waals surface area contributed by atoms with Crippen LogP contribution in [0.5, 0.6) is 0 Å². The molecule has 0 radical (unpaired) electrons. The first-order valence-corrected chi connectivity index (χ1v) is 5.06. The monoisotopic (exact) mass is 219 g/mol. The molecule has 0 spiro atoms. The van der Waals surface area contributed by atoms with E-state index in [0.29, 0.717) is 12.0 Å². The van der Waals surface area contributed by atoms with Gasteiger partial charge < -0.3 is 0 Å². The molecule has 0 aliphatic heterocycles. The van der Waals surface area contributed by atoms with Crippen LogP contribution in [0.3, 0.4) is 0 Å². The van der Waals surface area contributed by atoms with Crippen LogP contribution in [0.2, 0.25) is 0 Å². The van der Waals surface area contributed by atoms with E-state index < -0.39 is 5.82 Å². The maximum Gasteiger partial charge on any atom is 0.163 e. The van der Waals surface area contributed by atoms with Crippen molar-refractivity contribution in [1.29, 1.82) is 5.26 Å². The number of nitriles is 1. The van der Waals surface area contributed by atoms with Crippen molar-refractivity contribution in [2.75, 3.05) is 0 Å². The Labute approximate surface area is 94.7 Å². The largest absolute Gasteiger partial charge is 0.294 e. The Balaban J connectivity index is 2.95. The Hall–Kier alpha value is -1.69. The molecule has 0 saturated heterocycles. The molecule has 0 fully saturated rings. The van der Waals surface area contributed by atoms with Crippen LogP contribution in [0.1, 0.15) is 43.1 Å². The first-order valence-electron chi connectivity index (χ1n) is 5.06. The van der Waals surface area contributed by atoms with Gasteiger partial charge in [0.05, 0.1) is 5.56 Å². The molecule has 16 heavy (non-hydrogen) atoms. The average Bonchev–Trinajstić information content (AvgIpc) is 2.15. The second kappa shape index (κ2) is 4.44. The molecular weight excluding hydrogens is 205 g/mol. The van der Waals surface area contributed by atoms with Crippen LogP contribution in [-0.4, -0.2) is 5.78 Å². The Bertz CT molecular complexity index is 452. The number of hydrogen-bond acceptors (Lipinski definition) is 2. The normalized spacial score (nSPS) is 10.9. The zero-order chi connectivity index (χ0) is 12.3. The summed E-state index contributed by atoms with van der Waals surface area (Å²) in [5.41, 5.74) is 0.167. The number of hydrogen-bond donors (Lipinski definition) is 0. The lowest BCUT2D eigenvalue weighted by Gasteiger charge is -2.16. The van der Waals surface area contributed by atoms with Crippen LogP contribution in [0.15, 0.2) is 18.2 Å². The van der Waals surface area contributed by atoms with E-state index in [1.165, 1.54) is 12.1 Å². The van der Waals surface area contributed by atoms with Crippen molar-refractivity contribution < 1.29 is 9.18 Å². The summed E-state index contributed by atoms with van der Waals surface area (Å²) in [6, 6.07) is 5.69. The molecule has 1 aromatic rings. The third kappa shape index (κ3) is 3.16. The third-order valence-corrected chi connectivity index (χ3v) is 2.10.